The first-order chi connectivity index (χ1) is 23.4. The lowest BCUT2D eigenvalue weighted by molar-refractivity contribution is -0.695. The molecule has 3 amide bonds. The number of benzene rings is 2. The van der Waals surface area contributed by atoms with Crippen LogP contribution < -0.4 is 0 Å². The molecule has 0 radical (unpaired) electrons. The second-order valence-electron chi connectivity index (χ2n) is 13.4. The summed E-state index contributed by atoms with van der Waals surface area (Å²) >= 11 is 0. The van der Waals surface area contributed by atoms with Crippen LogP contribution in [0.2, 0.25) is 0 Å². The number of hydrogen-bond donors (Lipinski definition) is 0. The topological polar surface area (TPSA) is 156 Å². The minimum atomic E-state index is -1.47. The molecule has 49 heavy (non-hydrogen) atoms. The molecule has 5 unspecified atom stereocenters. The van der Waals surface area contributed by atoms with Crippen molar-refractivity contribution in [2.75, 3.05) is 6.54 Å². The molecule has 1 saturated heterocycles. The Bertz CT molecular complexity index is 1690. The van der Waals surface area contributed by atoms with Crippen LogP contribution in [0.1, 0.15) is 69.2 Å². The number of rotatable bonds is 10. The van der Waals surface area contributed by atoms with E-state index in [9.17, 15) is 28.8 Å². The minimum absolute atomic E-state index is 0.0261. The first kappa shape index (κ1) is 35.2. The fourth-order valence-corrected chi connectivity index (χ4v) is 6.65. The predicted molar refractivity (Wildman–Crippen MR) is 172 cm³/mol. The molecule has 1 saturated carbocycles. The third-order valence-electron chi connectivity index (χ3n) is 8.86. The number of amides is 3. The maximum absolute atomic E-state index is 14.6. The number of aromatic nitrogens is 2. The Balaban J connectivity index is 1.44. The summed E-state index contributed by atoms with van der Waals surface area (Å²) in [4.78, 5) is 82.7. The lowest BCUT2D eigenvalue weighted by atomic mass is 9.67. The van der Waals surface area contributed by atoms with Gasteiger partial charge in [0, 0.05) is 18.5 Å². The van der Waals surface area contributed by atoms with Crippen LogP contribution in [-0.4, -0.2) is 62.5 Å². The monoisotopic (exact) mass is 670 g/mol. The average Bonchev–Trinajstić information content (AvgIpc) is 3.31. The molecule has 12 heteroatoms. The van der Waals surface area contributed by atoms with Gasteiger partial charge in [-0.3, -0.25) is 9.59 Å². The average molecular weight is 671 g/mol. The van der Waals surface area contributed by atoms with Gasteiger partial charge in [0.05, 0.1) is 29.9 Å². The SMILES string of the molecule is CC(C)(C)OC(=O)C1CC2C(=O)[N+](CCCC(=O)OCc3ccccc3)(C(=O)C(=O)OCc3ccccc3)C(=O)C2C(c2cccnn2)C1. The highest BCUT2D eigenvalue weighted by atomic mass is 16.6. The van der Waals surface area contributed by atoms with E-state index in [-0.39, 0.29) is 38.9 Å². The van der Waals surface area contributed by atoms with E-state index in [1.807, 2.05) is 18.2 Å². The third kappa shape index (κ3) is 7.97. The number of nitrogens with zero attached hydrogens (tertiary/aromatic N) is 3. The summed E-state index contributed by atoms with van der Waals surface area (Å²) in [6, 6.07) is 21.0. The number of fused-ring (bicyclic) bond motifs is 1. The summed E-state index contributed by atoms with van der Waals surface area (Å²) in [7, 11) is 0. The van der Waals surface area contributed by atoms with Crippen LogP contribution in [0.5, 0.6) is 0 Å². The predicted octanol–water partition coefficient (Wildman–Crippen LogP) is 4.22. The number of likely N-dealkylation sites (tertiary alicyclic amines) is 1. The number of ether oxygens (including phenoxy) is 3. The van der Waals surface area contributed by atoms with Crippen molar-refractivity contribution in [1.29, 1.82) is 0 Å². The largest absolute Gasteiger partial charge is 0.461 e. The lowest BCUT2D eigenvalue weighted by Gasteiger charge is -2.34. The maximum Gasteiger partial charge on any atom is 0.438 e. The summed E-state index contributed by atoms with van der Waals surface area (Å²) in [6.45, 7) is 4.50. The zero-order valence-electron chi connectivity index (χ0n) is 27.8. The van der Waals surface area contributed by atoms with Crippen molar-refractivity contribution in [2.45, 2.75) is 71.2 Å². The van der Waals surface area contributed by atoms with Crippen molar-refractivity contribution in [1.82, 2.24) is 10.2 Å². The summed E-state index contributed by atoms with van der Waals surface area (Å²) in [5, 5.41) is 8.15. The molecular formula is C37H40N3O9+. The van der Waals surface area contributed by atoms with Gasteiger partial charge in [0.2, 0.25) is 0 Å². The van der Waals surface area contributed by atoms with Crippen molar-refractivity contribution >= 4 is 35.6 Å². The zero-order chi connectivity index (χ0) is 35.2. The van der Waals surface area contributed by atoms with Gasteiger partial charge in [-0.1, -0.05) is 60.7 Å². The fraction of sp³-hybridized carbons (Fsp3) is 0.405. The van der Waals surface area contributed by atoms with Crippen LogP contribution in [0.15, 0.2) is 79.0 Å². The number of imide groups is 3. The second kappa shape index (κ2) is 15.0. The number of quaternary nitrogens is 1. The maximum atomic E-state index is 14.6. The fourth-order valence-electron chi connectivity index (χ4n) is 6.65. The molecule has 3 aromatic rings. The minimum Gasteiger partial charge on any atom is -0.461 e. The first-order valence-electron chi connectivity index (χ1n) is 16.3. The highest BCUT2D eigenvalue weighted by Gasteiger charge is 2.70. The molecule has 5 atom stereocenters. The molecule has 1 aliphatic carbocycles. The summed E-state index contributed by atoms with van der Waals surface area (Å²) in [5.74, 6) is -9.22. The van der Waals surface area contributed by atoms with Crippen molar-refractivity contribution < 1.29 is 47.5 Å². The Hall–Kier alpha value is -5.10. The molecule has 256 valence electrons. The van der Waals surface area contributed by atoms with Crippen LogP contribution >= 0.6 is 0 Å². The van der Waals surface area contributed by atoms with Gasteiger partial charge in [-0.05, 0) is 56.9 Å². The van der Waals surface area contributed by atoms with E-state index in [0.717, 1.165) is 5.56 Å². The Morgan fingerprint density at radius 3 is 2.00 bits per heavy atom. The molecule has 12 nitrogen and oxygen atoms in total. The van der Waals surface area contributed by atoms with Crippen LogP contribution in [-0.2, 0) is 56.2 Å². The highest BCUT2D eigenvalue weighted by Crippen LogP contribution is 2.51. The molecular weight excluding hydrogens is 630 g/mol. The van der Waals surface area contributed by atoms with E-state index in [0.29, 0.717) is 11.3 Å². The van der Waals surface area contributed by atoms with Crippen molar-refractivity contribution in [3.63, 3.8) is 0 Å². The van der Waals surface area contributed by atoms with Crippen molar-refractivity contribution in [3.8, 4) is 0 Å². The van der Waals surface area contributed by atoms with Gasteiger partial charge >= 0.3 is 35.6 Å². The van der Waals surface area contributed by atoms with Crippen LogP contribution in [0, 0.1) is 17.8 Å². The highest BCUT2D eigenvalue weighted by molar-refractivity contribution is 6.34. The van der Waals surface area contributed by atoms with Gasteiger partial charge < -0.3 is 14.2 Å². The molecule has 0 N–H and O–H groups in total. The Labute approximate surface area is 284 Å². The van der Waals surface area contributed by atoms with E-state index in [1.54, 1.807) is 75.4 Å². The summed E-state index contributed by atoms with van der Waals surface area (Å²) < 4.78 is 14.9. The molecule has 5 rings (SSSR count). The van der Waals surface area contributed by atoms with Crippen molar-refractivity contribution in [3.05, 3.63) is 95.8 Å². The molecule has 1 aromatic heterocycles. The summed E-state index contributed by atoms with van der Waals surface area (Å²) in [6.07, 6.45) is 1.18. The van der Waals surface area contributed by atoms with E-state index >= 15 is 0 Å². The Morgan fingerprint density at radius 2 is 1.41 bits per heavy atom. The number of hydrogen-bond acceptors (Lipinski definition) is 11. The van der Waals surface area contributed by atoms with Gasteiger partial charge in [-0.25, -0.2) is 19.2 Å². The number of carbonyl (C=O) groups is 6. The van der Waals surface area contributed by atoms with Gasteiger partial charge in [-0.15, -0.1) is 4.48 Å². The van der Waals surface area contributed by atoms with E-state index in [1.165, 1.54) is 6.20 Å². The van der Waals surface area contributed by atoms with Gasteiger partial charge in [0.15, 0.2) is 0 Å². The molecule has 2 aromatic carbocycles. The molecule has 2 fully saturated rings. The van der Waals surface area contributed by atoms with Gasteiger partial charge in [-0.2, -0.15) is 10.2 Å². The third-order valence-corrected chi connectivity index (χ3v) is 8.86. The molecule has 2 heterocycles. The Kier molecular flexibility index (Phi) is 10.8. The number of carbonyl (C=O) groups excluding carboxylic acids is 6. The second-order valence-corrected chi connectivity index (χ2v) is 13.4. The number of esters is 3. The van der Waals surface area contributed by atoms with Gasteiger partial charge in [0.1, 0.15) is 25.4 Å². The van der Waals surface area contributed by atoms with E-state index in [2.05, 4.69) is 10.2 Å². The van der Waals surface area contributed by atoms with E-state index < -0.39 is 75.9 Å². The van der Waals surface area contributed by atoms with Crippen molar-refractivity contribution in [2.24, 2.45) is 17.8 Å². The van der Waals surface area contributed by atoms with Crippen LogP contribution in [0.4, 0.5) is 0 Å². The molecule has 0 bridgehead atoms. The van der Waals surface area contributed by atoms with Crippen LogP contribution in [0.3, 0.4) is 0 Å². The Morgan fingerprint density at radius 1 is 0.796 bits per heavy atom. The van der Waals surface area contributed by atoms with Gasteiger partial charge in [0.25, 0.3) is 0 Å². The zero-order valence-corrected chi connectivity index (χ0v) is 27.8. The van der Waals surface area contributed by atoms with E-state index in [4.69, 9.17) is 14.2 Å². The quantitative estimate of drug-likeness (QED) is 0.100. The lowest BCUT2D eigenvalue weighted by Crippen LogP contribution is -2.61. The summed E-state index contributed by atoms with van der Waals surface area (Å²) in [5.41, 5.74) is 0.945. The standard InChI is InChI=1S/C37H40N3O9/c1-37(2,3)49-35(45)26-20-27(29-16-10-18-38-39-29)31-28(21-26)32(42)40(33(31)43,34(44)36(46)48-23-25-14-8-5-9-15-25)19-11-17-30(41)47-22-24-12-6-4-7-13-24/h4-10,12-16,18,26-28,31H,11,17,19-23H2,1-3H3/q+1. The molecule has 1 aliphatic heterocycles. The first-order valence-corrected chi connectivity index (χ1v) is 16.3. The molecule has 2 aliphatic rings. The molecule has 0 spiro atoms. The normalized spacial score (nSPS) is 23.3. The van der Waals surface area contributed by atoms with Crippen LogP contribution in [0.25, 0.3) is 0 Å². The smallest absolute Gasteiger partial charge is 0.438 e.